The third-order valence-electron chi connectivity index (χ3n) is 2.16. The Labute approximate surface area is 85.3 Å². The number of hydrogen-bond donors (Lipinski definition) is 0. The molecule has 0 nitrogen and oxygen atoms in total. The highest BCUT2D eigenvalue weighted by Crippen LogP contribution is 2.13. The Balaban J connectivity index is 1.93. The van der Waals surface area contributed by atoms with Crippen LogP contribution in [0.3, 0.4) is 0 Å². The second-order valence-electron chi connectivity index (χ2n) is 3.32. The summed E-state index contributed by atoms with van der Waals surface area (Å²) in [6.07, 6.45) is 9.85. The van der Waals surface area contributed by atoms with Gasteiger partial charge in [0.15, 0.2) is 0 Å². The van der Waals surface area contributed by atoms with Gasteiger partial charge in [0.25, 0.3) is 0 Å². The zero-order valence-corrected chi connectivity index (χ0v) is 8.98. The molecule has 0 unspecified atom stereocenters. The molecule has 0 saturated heterocycles. The maximum Gasteiger partial charge on any atom is 0.00452 e. The van der Waals surface area contributed by atoms with Gasteiger partial charge in [-0.2, -0.15) is 0 Å². The lowest BCUT2D eigenvalue weighted by Gasteiger charge is -1.97. The Morgan fingerprint density at radius 1 is 1.23 bits per heavy atom. The van der Waals surface area contributed by atoms with Gasteiger partial charge in [0.05, 0.1) is 0 Å². The van der Waals surface area contributed by atoms with Crippen molar-refractivity contribution >= 4 is 11.3 Å². The number of unbranched alkanes of at least 4 members (excludes halogenated alkanes) is 4. The summed E-state index contributed by atoms with van der Waals surface area (Å²) >= 11 is 1.88. The molecule has 1 heterocycles. The predicted octanol–water partition coefficient (Wildman–Crippen LogP) is 4.43. The van der Waals surface area contributed by atoms with Crippen LogP contribution in [0.5, 0.6) is 0 Å². The Bertz CT molecular complexity index is 211. The lowest BCUT2D eigenvalue weighted by atomic mass is 10.1. The summed E-state index contributed by atoms with van der Waals surface area (Å²) in [7, 11) is 0. The van der Waals surface area contributed by atoms with Crippen LogP contribution in [0.15, 0.2) is 30.2 Å². The standard InChI is InChI=1S/C12H18S/c1-2-3-4-5-6-7-9-12-10-8-11-13-12/h2,8,10-11H,1,3-7,9H2. The first-order valence-corrected chi connectivity index (χ1v) is 5.94. The van der Waals surface area contributed by atoms with Crippen LogP contribution in [0.2, 0.25) is 0 Å². The molecular formula is C12H18S. The van der Waals surface area contributed by atoms with E-state index in [0.29, 0.717) is 0 Å². The van der Waals surface area contributed by atoms with Crippen molar-refractivity contribution in [1.29, 1.82) is 0 Å². The Morgan fingerprint density at radius 3 is 2.77 bits per heavy atom. The van der Waals surface area contributed by atoms with E-state index in [1.165, 1.54) is 43.4 Å². The van der Waals surface area contributed by atoms with Crippen LogP contribution < -0.4 is 0 Å². The molecule has 0 spiro atoms. The zero-order chi connectivity index (χ0) is 9.36. The molecule has 1 heteroatoms. The van der Waals surface area contributed by atoms with Crippen molar-refractivity contribution in [2.75, 3.05) is 0 Å². The highest BCUT2D eigenvalue weighted by molar-refractivity contribution is 7.09. The first-order chi connectivity index (χ1) is 6.43. The van der Waals surface area contributed by atoms with E-state index in [2.05, 4.69) is 24.1 Å². The molecule has 0 aliphatic heterocycles. The maximum absolute atomic E-state index is 3.72. The summed E-state index contributed by atoms with van der Waals surface area (Å²) in [6.45, 7) is 3.72. The quantitative estimate of drug-likeness (QED) is 0.445. The first kappa shape index (κ1) is 10.5. The third-order valence-corrected chi connectivity index (χ3v) is 3.10. The molecule has 0 aromatic carbocycles. The highest BCUT2D eigenvalue weighted by Gasteiger charge is 1.93. The summed E-state index contributed by atoms with van der Waals surface area (Å²) in [6, 6.07) is 4.37. The van der Waals surface area contributed by atoms with Gasteiger partial charge in [0, 0.05) is 4.88 Å². The largest absolute Gasteiger partial charge is 0.149 e. The highest BCUT2D eigenvalue weighted by atomic mass is 32.1. The molecular weight excluding hydrogens is 176 g/mol. The summed E-state index contributed by atoms with van der Waals surface area (Å²) in [5.41, 5.74) is 0. The van der Waals surface area contributed by atoms with Crippen LogP contribution in [0.4, 0.5) is 0 Å². The molecule has 0 atom stereocenters. The Kier molecular flexibility index (Phi) is 5.59. The van der Waals surface area contributed by atoms with E-state index < -0.39 is 0 Å². The SMILES string of the molecule is C=CCCCCCCc1cccs1. The fourth-order valence-electron chi connectivity index (χ4n) is 1.40. The van der Waals surface area contributed by atoms with E-state index in [1.54, 1.807) is 0 Å². The van der Waals surface area contributed by atoms with E-state index in [1.807, 2.05) is 17.4 Å². The van der Waals surface area contributed by atoms with Gasteiger partial charge < -0.3 is 0 Å². The van der Waals surface area contributed by atoms with Crippen LogP contribution in [0, 0.1) is 0 Å². The van der Waals surface area contributed by atoms with Crippen LogP contribution >= 0.6 is 11.3 Å². The minimum atomic E-state index is 1.18. The van der Waals surface area contributed by atoms with Crippen molar-refractivity contribution in [3.8, 4) is 0 Å². The lowest BCUT2D eigenvalue weighted by molar-refractivity contribution is 0.649. The maximum atomic E-state index is 3.72. The van der Waals surface area contributed by atoms with Gasteiger partial charge in [-0.3, -0.25) is 0 Å². The number of hydrogen-bond acceptors (Lipinski definition) is 1. The van der Waals surface area contributed by atoms with Crippen molar-refractivity contribution in [1.82, 2.24) is 0 Å². The van der Waals surface area contributed by atoms with E-state index in [9.17, 15) is 0 Å². The van der Waals surface area contributed by atoms with Crippen LogP contribution in [-0.2, 0) is 6.42 Å². The molecule has 0 radical (unpaired) electrons. The molecule has 0 amide bonds. The second kappa shape index (κ2) is 6.90. The van der Waals surface area contributed by atoms with E-state index in [4.69, 9.17) is 0 Å². The zero-order valence-electron chi connectivity index (χ0n) is 8.17. The van der Waals surface area contributed by atoms with Crippen molar-refractivity contribution in [3.63, 3.8) is 0 Å². The Morgan fingerprint density at radius 2 is 2.08 bits per heavy atom. The molecule has 0 saturated carbocycles. The second-order valence-corrected chi connectivity index (χ2v) is 4.35. The van der Waals surface area contributed by atoms with Gasteiger partial charge in [-0.1, -0.05) is 25.0 Å². The molecule has 0 aliphatic rings. The normalized spacial score (nSPS) is 10.2. The molecule has 0 bridgehead atoms. The van der Waals surface area contributed by atoms with Crippen molar-refractivity contribution in [3.05, 3.63) is 35.0 Å². The first-order valence-electron chi connectivity index (χ1n) is 5.07. The predicted molar refractivity (Wildman–Crippen MR) is 61.3 cm³/mol. The number of aryl methyl sites for hydroxylation is 1. The molecule has 1 aromatic rings. The molecule has 13 heavy (non-hydrogen) atoms. The van der Waals surface area contributed by atoms with Gasteiger partial charge in [0.2, 0.25) is 0 Å². The number of thiophene rings is 1. The molecule has 0 N–H and O–H groups in total. The molecule has 1 rings (SSSR count). The molecule has 1 aromatic heterocycles. The van der Waals surface area contributed by atoms with Crippen LogP contribution in [0.1, 0.15) is 37.0 Å². The lowest BCUT2D eigenvalue weighted by Crippen LogP contribution is -1.81. The average molecular weight is 194 g/mol. The fraction of sp³-hybridized carbons (Fsp3) is 0.500. The van der Waals surface area contributed by atoms with Gasteiger partial charge in [-0.05, 0) is 37.1 Å². The summed E-state index contributed by atoms with van der Waals surface area (Å²) in [5.74, 6) is 0. The smallest absolute Gasteiger partial charge is 0.00452 e. The average Bonchev–Trinajstić information content (AvgIpc) is 2.63. The van der Waals surface area contributed by atoms with Crippen molar-refractivity contribution in [2.45, 2.75) is 38.5 Å². The van der Waals surface area contributed by atoms with Gasteiger partial charge in [-0.25, -0.2) is 0 Å². The molecule has 0 aliphatic carbocycles. The number of rotatable bonds is 7. The van der Waals surface area contributed by atoms with Crippen LogP contribution in [-0.4, -0.2) is 0 Å². The van der Waals surface area contributed by atoms with Gasteiger partial charge in [0.1, 0.15) is 0 Å². The minimum Gasteiger partial charge on any atom is -0.149 e. The fourth-order valence-corrected chi connectivity index (χ4v) is 2.15. The third kappa shape index (κ3) is 4.89. The van der Waals surface area contributed by atoms with Crippen molar-refractivity contribution in [2.24, 2.45) is 0 Å². The van der Waals surface area contributed by atoms with Gasteiger partial charge in [-0.15, -0.1) is 17.9 Å². The number of allylic oxidation sites excluding steroid dienone is 1. The van der Waals surface area contributed by atoms with E-state index in [-0.39, 0.29) is 0 Å². The van der Waals surface area contributed by atoms with Crippen molar-refractivity contribution < 1.29 is 0 Å². The summed E-state index contributed by atoms with van der Waals surface area (Å²) in [5, 5.41) is 2.16. The summed E-state index contributed by atoms with van der Waals surface area (Å²) < 4.78 is 0. The van der Waals surface area contributed by atoms with E-state index in [0.717, 1.165) is 0 Å². The monoisotopic (exact) mass is 194 g/mol. The summed E-state index contributed by atoms with van der Waals surface area (Å²) in [4.78, 5) is 1.53. The van der Waals surface area contributed by atoms with E-state index >= 15 is 0 Å². The van der Waals surface area contributed by atoms with Gasteiger partial charge >= 0.3 is 0 Å². The van der Waals surface area contributed by atoms with Crippen LogP contribution in [0.25, 0.3) is 0 Å². The molecule has 72 valence electrons. The molecule has 0 fully saturated rings. The minimum absolute atomic E-state index is 1.18. The Hall–Kier alpha value is -0.560. The topological polar surface area (TPSA) is 0 Å².